The van der Waals surface area contributed by atoms with Crippen molar-refractivity contribution in [2.24, 2.45) is 5.73 Å². The minimum absolute atomic E-state index is 0.0234. The molecule has 1 unspecified atom stereocenters. The Kier molecular flexibility index (Phi) is 5.05. The maximum atomic E-state index is 14.7. The van der Waals surface area contributed by atoms with E-state index in [-0.39, 0.29) is 21.9 Å². The molecule has 1 heterocycles. The van der Waals surface area contributed by atoms with Gasteiger partial charge in [0.1, 0.15) is 5.75 Å². The lowest BCUT2D eigenvalue weighted by molar-refractivity contribution is 0.394. The molecular weight excluding hydrogens is 410 g/mol. The summed E-state index contributed by atoms with van der Waals surface area (Å²) in [5.74, 6) is -2.26. The van der Waals surface area contributed by atoms with Crippen molar-refractivity contribution in [3.8, 4) is 5.75 Å². The Bertz CT molecular complexity index is 1340. The van der Waals surface area contributed by atoms with Crippen LogP contribution >= 0.6 is 0 Å². The Hall–Kier alpha value is -3.23. The van der Waals surface area contributed by atoms with Gasteiger partial charge in [0.15, 0.2) is 11.6 Å². The zero-order chi connectivity index (χ0) is 21.5. The van der Waals surface area contributed by atoms with Gasteiger partial charge in [-0.05, 0) is 36.4 Å². The Balaban J connectivity index is 2.03. The SMILES string of the molecule is COc1ccc(F)c(F)c1C(N)c1cc2ccccc2n1S(=O)(=O)c1ccccc1. The number of benzene rings is 3. The summed E-state index contributed by atoms with van der Waals surface area (Å²) in [6.07, 6.45) is 0. The Labute approximate surface area is 172 Å². The number of methoxy groups -OCH3 is 1. The van der Waals surface area contributed by atoms with Gasteiger partial charge in [-0.15, -0.1) is 0 Å². The number of hydrogen-bond donors (Lipinski definition) is 1. The molecule has 0 saturated carbocycles. The van der Waals surface area contributed by atoms with E-state index in [0.717, 1.165) is 10.0 Å². The molecule has 0 bridgehead atoms. The van der Waals surface area contributed by atoms with Crippen LogP contribution in [0.5, 0.6) is 5.75 Å². The molecule has 0 saturated heterocycles. The molecule has 30 heavy (non-hydrogen) atoms. The van der Waals surface area contributed by atoms with E-state index in [9.17, 15) is 17.2 Å². The zero-order valence-corrected chi connectivity index (χ0v) is 16.7. The highest BCUT2D eigenvalue weighted by atomic mass is 32.2. The molecule has 0 fully saturated rings. The Morgan fingerprint density at radius 2 is 1.63 bits per heavy atom. The van der Waals surface area contributed by atoms with Crippen LogP contribution < -0.4 is 10.5 Å². The number of fused-ring (bicyclic) bond motifs is 1. The number of halogens is 2. The number of hydrogen-bond acceptors (Lipinski definition) is 4. The third-order valence-corrected chi connectivity index (χ3v) is 6.67. The minimum Gasteiger partial charge on any atom is -0.496 e. The van der Waals surface area contributed by atoms with Gasteiger partial charge in [-0.25, -0.2) is 21.2 Å². The lowest BCUT2D eigenvalue weighted by Crippen LogP contribution is -2.23. The summed E-state index contributed by atoms with van der Waals surface area (Å²) in [4.78, 5) is 0.0477. The van der Waals surface area contributed by atoms with Crippen LogP contribution in [0.15, 0.2) is 77.7 Å². The van der Waals surface area contributed by atoms with Crippen LogP contribution in [-0.4, -0.2) is 19.5 Å². The predicted molar refractivity (Wildman–Crippen MR) is 110 cm³/mol. The number of nitrogens with two attached hydrogens (primary N) is 1. The van der Waals surface area contributed by atoms with Crippen molar-refractivity contribution in [1.29, 1.82) is 0 Å². The van der Waals surface area contributed by atoms with Crippen LogP contribution in [-0.2, 0) is 10.0 Å². The van der Waals surface area contributed by atoms with Crippen molar-refractivity contribution in [3.05, 3.63) is 95.7 Å². The molecule has 0 aliphatic carbocycles. The van der Waals surface area contributed by atoms with Crippen LogP contribution in [0.3, 0.4) is 0 Å². The van der Waals surface area contributed by atoms with Crippen molar-refractivity contribution >= 4 is 20.9 Å². The van der Waals surface area contributed by atoms with Gasteiger partial charge in [-0.2, -0.15) is 0 Å². The quantitative estimate of drug-likeness (QED) is 0.517. The molecule has 4 aromatic rings. The molecule has 0 amide bonds. The normalized spacial score (nSPS) is 12.8. The van der Waals surface area contributed by atoms with E-state index in [2.05, 4.69) is 0 Å². The van der Waals surface area contributed by atoms with Crippen molar-refractivity contribution in [3.63, 3.8) is 0 Å². The fourth-order valence-electron chi connectivity index (χ4n) is 3.50. The van der Waals surface area contributed by atoms with E-state index < -0.39 is 27.7 Å². The summed E-state index contributed by atoms with van der Waals surface area (Å²) in [5, 5.41) is 0.596. The van der Waals surface area contributed by atoms with Gasteiger partial charge < -0.3 is 10.5 Å². The monoisotopic (exact) mass is 428 g/mol. The lowest BCUT2D eigenvalue weighted by atomic mass is 10.0. The van der Waals surface area contributed by atoms with Crippen LogP contribution in [0.2, 0.25) is 0 Å². The van der Waals surface area contributed by atoms with Crippen molar-refractivity contribution in [2.45, 2.75) is 10.9 Å². The molecule has 0 spiro atoms. The third-order valence-electron chi connectivity index (χ3n) is 4.92. The van der Waals surface area contributed by atoms with Crippen LogP contribution in [0, 0.1) is 11.6 Å². The first kappa shape index (κ1) is 20.1. The van der Waals surface area contributed by atoms with E-state index >= 15 is 0 Å². The van der Waals surface area contributed by atoms with Gasteiger partial charge >= 0.3 is 0 Å². The van der Waals surface area contributed by atoms with Crippen LogP contribution in [0.1, 0.15) is 17.3 Å². The summed E-state index contributed by atoms with van der Waals surface area (Å²) in [6, 6.07) is 17.1. The number of para-hydroxylation sites is 1. The van der Waals surface area contributed by atoms with Crippen LogP contribution in [0.4, 0.5) is 8.78 Å². The summed E-state index contributed by atoms with van der Waals surface area (Å²) < 4.78 is 61.9. The van der Waals surface area contributed by atoms with Gasteiger partial charge in [-0.1, -0.05) is 36.4 Å². The summed E-state index contributed by atoms with van der Waals surface area (Å²) in [7, 11) is -2.76. The zero-order valence-electron chi connectivity index (χ0n) is 15.9. The fraction of sp³-hybridized carbons (Fsp3) is 0.0909. The first-order chi connectivity index (χ1) is 14.4. The smallest absolute Gasteiger partial charge is 0.268 e. The maximum Gasteiger partial charge on any atom is 0.268 e. The van der Waals surface area contributed by atoms with Crippen LogP contribution in [0.25, 0.3) is 10.9 Å². The Morgan fingerprint density at radius 1 is 0.967 bits per heavy atom. The summed E-state index contributed by atoms with van der Waals surface area (Å²) >= 11 is 0. The molecule has 0 aliphatic heterocycles. The van der Waals surface area contributed by atoms with E-state index in [0.29, 0.717) is 10.9 Å². The third kappa shape index (κ3) is 3.14. The molecule has 1 aromatic heterocycles. The van der Waals surface area contributed by atoms with Gasteiger partial charge in [0.25, 0.3) is 10.0 Å². The fourth-order valence-corrected chi connectivity index (χ4v) is 5.08. The molecular formula is C22H18F2N2O3S. The van der Waals surface area contributed by atoms with E-state index in [1.54, 1.807) is 48.5 Å². The average Bonchev–Trinajstić information content (AvgIpc) is 3.16. The van der Waals surface area contributed by atoms with Crippen molar-refractivity contribution in [2.75, 3.05) is 7.11 Å². The highest BCUT2D eigenvalue weighted by molar-refractivity contribution is 7.90. The van der Waals surface area contributed by atoms with Gasteiger partial charge in [0.05, 0.1) is 34.8 Å². The highest BCUT2D eigenvalue weighted by Gasteiger charge is 2.30. The summed E-state index contributed by atoms with van der Waals surface area (Å²) in [5.41, 5.74) is 6.53. The molecule has 1 atom stereocenters. The first-order valence-electron chi connectivity index (χ1n) is 9.04. The summed E-state index contributed by atoms with van der Waals surface area (Å²) in [6.45, 7) is 0. The molecule has 5 nitrogen and oxygen atoms in total. The van der Waals surface area contributed by atoms with Gasteiger partial charge in [0.2, 0.25) is 0 Å². The topological polar surface area (TPSA) is 74.3 Å². The second-order valence-electron chi connectivity index (χ2n) is 6.67. The second-order valence-corrected chi connectivity index (χ2v) is 8.45. The average molecular weight is 428 g/mol. The number of ether oxygens (including phenoxy) is 1. The standard InChI is InChI=1S/C22H18F2N2O3S/c1-29-19-12-11-16(23)21(24)20(19)22(25)18-13-14-7-5-6-10-17(14)26(18)30(27,28)15-8-3-2-4-9-15/h2-13,22H,25H2,1H3. The predicted octanol–water partition coefficient (Wildman–Crippen LogP) is 4.21. The van der Waals surface area contributed by atoms with Gasteiger partial charge in [0, 0.05) is 5.39 Å². The molecule has 8 heteroatoms. The number of rotatable bonds is 5. The molecule has 2 N–H and O–H groups in total. The number of nitrogens with zero attached hydrogens (tertiary/aromatic N) is 1. The molecule has 0 aliphatic rings. The maximum absolute atomic E-state index is 14.7. The van der Waals surface area contributed by atoms with Crippen molar-refractivity contribution < 1.29 is 21.9 Å². The molecule has 4 rings (SSSR count). The number of aromatic nitrogens is 1. The van der Waals surface area contributed by atoms with E-state index in [1.807, 2.05) is 0 Å². The second kappa shape index (κ2) is 7.55. The Morgan fingerprint density at radius 3 is 2.33 bits per heavy atom. The van der Waals surface area contributed by atoms with E-state index in [4.69, 9.17) is 10.5 Å². The van der Waals surface area contributed by atoms with Crippen molar-refractivity contribution in [1.82, 2.24) is 3.97 Å². The lowest BCUT2D eigenvalue weighted by Gasteiger charge is -2.20. The minimum atomic E-state index is -4.07. The first-order valence-corrected chi connectivity index (χ1v) is 10.5. The highest BCUT2D eigenvalue weighted by Crippen LogP contribution is 2.36. The molecule has 3 aromatic carbocycles. The van der Waals surface area contributed by atoms with E-state index in [1.165, 1.54) is 25.3 Å². The van der Waals surface area contributed by atoms with Gasteiger partial charge in [-0.3, -0.25) is 0 Å². The molecule has 154 valence electrons. The molecule has 0 radical (unpaired) electrons. The largest absolute Gasteiger partial charge is 0.496 e.